The largest absolute Gasteiger partial charge is 0.379 e. The number of hydrogen-bond donors (Lipinski definition) is 2. The van der Waals surface area contributed by atoms with Crippen molar-refractivity contribution in [3.05, 3.63) is 0 Å². The summed E-state index contributed by atoms with van der Waals surface area (Å²) in [5.41, 5.74) is 3.01. The van der Waals surface area contributed by atoms with Crippen LogP contribution in [0.25, 0.3) is 0 Å². The molecule has 5 heteroatoms. The maximum absolute atomic E-state index is 11.5. The lowest BCUT2D eigenvalue weighted by Gasteiger charge is -2.18. The van der Waals surface area contributed by atoms with Crippen molar-refractivity contribution in [1.82, 2.24) is 15.8 Å². The van der Waals surface area contributed by atoms with Gasteiger partial charge in [0.25, 0.3) is 0 Å². The van der Waals surface area contributed by atoms with Crippen LogP contribution in [0.5, 0.6) is 0 Å². The van der Waals surface area contributed by atoms with E-state index in [1.54, 1.807) is 5.01 Å². The third-order valence-electron chi connectivity index (χ3n) is 2.36. The lowest BCUT2D eigenvalue weighted by atomic mass is 10.3. The zero-order valence-electron chi connectivity index (χ0n) is 7.58. The first-order valence-corrected chi connectivity index (χ1v) is 4.75. The summed E-state index contributed by atoms with van der Waals surface area (Å²) in [4.78, 5) is 11.5. The molecule has 0 aromatic rings. The first-order chi connectivity index (χ1) is 6.36. The molecule has 2 N–H and O–H groups in total. The van der Waals surface area contributed by atoms with E-state index in [-0.39, 0.29) is 12.1 Å². The molecule has 1 atom stereocenters. The molecule has 0 radical (unpaired) electrons. The standard InChI is InChI=1S/C8H15N3O2/c12-8(11-4-1-3-9-11)10-7-2-5-13-6-7/h7,9H,1-6H2,(H,10,12). The molecule has 0 aromatic heterocycles. The molecule has 0 aromatic carbocycles. The molecule has 1 unspecified atom stereocenters. The summed E-state index contributed by atoms with van der Waals surface area (Å²) in [6.45, 7) is 3.12. The monoisotopic (exact) mass is 185 g/mol. The summed E-state index contributed by atoms with van der Waals surface area (Å²) in [5, 5.41) is 4.56. The Kier molecular flexibility index (Phi) is 2.65. The Morgan fingerprint density at radius 1 is 1.62 bits per heavy atom. The highest BCUT2D eigenvalue weighted by molar-refractivity contribution is 5.74. The van der Waals surface area contributed by atoms with Gasteiger partial charge in [-0.05, 0) is 12.8 Å². The molecule has 2 fully saturated rings. The van der Waals surface area contributed by atoms with Crippen LogP contribution >= 0.6 is 0 Å². The number of rotatable bonds is 1. The van der Waals surface area contributed by atoms with E-state index >= 15 is 0 Å². The average molecular weight is 185 g/mol. The summed E-state index contributed by atoms with van der Waals surface area (Å²) in [6.07, 6.45) is 1.97. The van der Waals surface area contributed by atoms with Crippen molar-refractivity contribution < 1.29 is 9.53 Å². The molecule has 0 spiro atoms. The van der Waals surface area contributed by atoms with Crippen LogP contribution in [-0.2, 0) is 4.74 Å². The first-order valence-electron chi connectivity index (χ1n) is 4.75. The minimum absolute atomic E-state index is 0.0204. The fraction of sp³-hybridized carbons (Fsp3) is 0.875. The number of ether oxygens (including phenoxy) is 1. The van der Waals surface area contributed by atoms with Crippen LogP contribution in [0, 0.1) is 0 Å². The maximum Gasteiger partial charge on any atom is 0.332 e. The number of hydrogen-bond acceptors (Lipinski definition) is 3. The predicted octanol–water partition coefficient (Wildman–Crippen LogP) is -0.305. The minimum Gasteiger partial charge on any atom is -0.379 e. The Morgan fingerprint density at radius 2 is 2.54 bits per heavy atom. The van der Waals surface area contributed by atoms with E-state index in [0.717, 1.165) is 32.5 Å². The van der Waals surface area contributed by atoms with Gasteiger partial charge in [-0.2, -0.15) is 0 Å². The zero-order valence-corrected chi connectivity index (χ0v) is 7.58. The van der Waals surface area contributed by atoms with Gasteiger partial charge in [-0.1, -0.05) is 0 Å². The van der Waals surface area contributed by atoms with Gasteiger partial charge in [-0.3, -0.25) is 5.01 Å². The molecule has 2 saturated heterocycles. The van der Waals surface area contributed by atoms with Crippen molar-refractivity contribution in [2.75, 3.05) is 26.3 Å². The van der Waals surface area contributed by atoms with Crippen molar-refractivity contribution in [3.8, 4) is 0 Å². The predicted molar refractivity (Wildman–Crippen MR) is 47.1 cm³/mol. The summed E-state index contributed by atoms with van der Waals surface area (Å²) in [7, 11) is 0. The second-order valence-electron chi connectivity index (χ2n) is 3.42. The highest BCUT2D eigenvalue weighted by Crippen LogP contribution is 2.04. The van der Waals surface area contributed by atoms with E-state index in [0.29, 0.717) is 6.61 Å². The highest BCUT2D eigenvalue weighted by Gasteiger charge is 2.22. The van der Waals surface area contributed by atoms with Crippen LogP contribution < -0.4 is 10.7 Å². The Balaban J connectivity index is 1.76. The van der Waals surface area contributed by atoms with E-state index in [4.69, 9.17) is 4.74 Å². The molecule has 74 valence electrons. The summed E-state index contributed by atoms with van der Waals surface area (Å²) < 4.78 is 5.17. The second-order valence-corrected chi connectivity index (χ2v) is 3.42. The van der Waals surface area contributed by atoms with Crippen molar-refractivity contribution >= 4 is 6.03 Å². The Morgan fingerprint density at radius 3 is 3.15 bits per heavy atom. The molecule has 0 aliphatic carbocycles. The summed E-state index contributed by atoms with van der Waals surface area (Å²) in [6, 6.07) is 0.183. The van der Waals surface area contributed by atoms with Gasteiger partial charge in [0, 0.05) is 19.7 Å². The minimum atomic E-state index is -0.0204. The molecular formula is C8H15N3O2. The van der Waals surface area contributed by atoms with Crippen LogP contribution in [0.4, 0.5) is 4.79 Å². The van der Waals surface area contributed by atoms with E-state index in [9.17, 15) is 4.79 Å². The Labute approximate surface area is 77.4 Å². The number of nitrogens with zero attached hydrogens (tertiary/aromatic N) is 1. The van der Waals surface area contributed by atoms with E-state index in [1.165, 1.54) is 0 Å². The highest BCUT2D eigenvalue weighted by atomic mass is 16.5. The van der Waals surface area contributed by atoms with Crippen molar-refractivity contribution in [1.29, 1.82) is 0 Å². The average Bonchev–Trinajstić information content (AvgIpc) is 2.74. The van der Waals surface area contributed by atoms with E-state index in [1.807, 2.05) is 0 Å². The Hall–Kier alpha value is -0.810. The molecular weight excluding hydrogens is 170 g/mol. The van der Waals surface area contributed by atoms with Crippen LogP contribution in [0.1, 0.15) is 12.8 Å². The number of carbonyl (C=O) groups is 1. The lowest BCUT2D eigenvalue weighted by Crippen LogP contribution is -2.48. The van der Waals surface area contributed by atoms with Crippen LogP contribution in [0.2, 0.25) is 0 Å². The summed E-state index contributed by atoms with van der Waals surface area (Å²) >= 11 is 0. The number of amides is 2. The van der Waals surface area contributed by atoms with Gasteiger partial charge in [0.05, 0.1) is 12.6 Å². The van der Waals surface area contributed by atoms with Gasteiger partial charge in [0.1, 0.15) is 0 Å². The Bertz CT molecular complexity index is 186. The number of urea groups is 1. The van der Waals surface area contributed by atoms with Gasteiger partial charge in [-0.15, -0.1) is 0 Å². The topological polar surface area (TPSA) is 53.6 Å². The van der Waals surface area contributed by atoms with E-state index < -0.39 is 0 Å². The molecule has 2 rings (SSSR count). The van der Waals surface area contributed by atoms with Gasteiger partial charge >= 0.3 is 6.03 Å². The smallest absolute Gasteiger partial charge is 0.332 e. The molecule has 13 heavy (non-hydrogen) atoms. The molecule has 0 bridgehead atoms. The van der Waals surface area contributed by atoms with Gasteiger partial charge in [-0.25, -0.2) is 10.2 Å². The maximum atomic E-state index is 11.5. The van der Waals surface area contributed by atoms with Crippen LogP contribution in [0.15, 0.2) is 0 Å². The molecule has 0 saturated carbocycles. The molecule has 2 aliphatic heterocycles. The van der Waals surface area contributed by atoms with Crippen molar-refractivity contribution in [2.24, 2.45) is 0 Å². The van der Waals surface area contributed by atoms with E-state index in [2.05, 4.69) is 10.7 Å². The third kappa shape index (κ3) is 2.10. The molecule has 2 amide bonds. The molecule has 2 aliphatic rings. The molecule has 2 heterocycles. The number of carbonyl (C=O) groups excluding carboxylic acids is 1. The second kappa shape index (κ2) is 3.93. The lowest BCUT2D eigenvalue weighted by molar-refractivity contribution is 0.174. The van der Waals surface area contributed by atoms with Gasteiger partial charge < -0.3 is 10.1 Å². The normalized spacial score (nSPS) is 28.0. The summed E-state index contributed by atoms with van der Waals surface area (Å²) in [5.74, 6) is 0. The number of hydrazine groups is 1. The fourth-order valence-corrected chi connectivity index (χ4v) is 1.60. The van der Waals surface area contributed by atoms with Crippen LogP contribution in [0.3, 0.4) is 0 Å². The first kappa shape index (κ1) is 8.77. The van der Waals surface area contributed by atoms with Gasteiger partial charge in [0.2, 0.25) is 0 Å². The fourth-order valence-electron chi connectivity index (χ4n) is 1.60. The SMILES string of the molecule is O=C(NC1CCOC1)N1CCCN1. The molecule has 5 nitrogen and oxygen atoms in total. The van der Waals surface area contributed by atoms with Crippen LogP contribution in [-0.4, -0.2) is 43.4 Å². The zero-order chi connectivity index (χ0) is 9.10. The third-order valence-corrected chi connectivity index (χ3v) is 2.36. The van der Waals surface area contributed by atoms with Crippen molar-refractivity contribution in [3.63, 3.8) is 0 Å². The number of nitrogens with one attached hydrogen (secondary N) is 2. The quantitative estimate of drug-likeness (QED) is 0.589. The van der Waals surface area contributed by atoms with Gasteiger partial charge in [0.15, 0.2) is 0 Å². The van der Waals surface area contributed by atoms with Crippen molar-refractivity contribution in [2.45, 2.75) is 18.9 Å².